The summed E-state index contributed by atoms with van der Waals surface area (Å²) in [6, 6.07) is 10.8. The van der Waals surface area contributed by atoms with E-state index in [-0.39, 0.29) is 54.2 Å². The molecule has 10 heteroatoms. The van der Waals surface area contributed by atoms with Crippen LogP contribution in [0.2, 0.25) is 0 Å². The predicted molar refractivity (Wildman–Crippen MR) is 128 cm³/mol. The van der Waals surface area contributed by atoms with E-state index in [4.69, 9.17) is 0 Å². The molecule has 8 nitrogen and oxygen atoms in total. The van der Waals surface area contributed by atoms with Crippen molar-refractivity contribution >= 4 is 27.7 Å². The Morgan fingerprint density at radius 2 is 1.74 bits per heavy atom. The number of carbonyl (C=O) groups excluding carboxylic acids is 3. The predicted octanol–water partition coefficient (Wildman–Crippen LogP) is 3.08. The molecule has 35 heavy (non-hydrogen) atoms. The fourth-order valence-electron chi connectivity index (χ4n) is 4.06. The molecule has 0 radical (unpaired) electrons. The summed E-state index contributed by atoms with van der Waals surface area (Å²) in [7, 11) is -3.96. The summed E-state index contributed by atoms with van der Waals surface area (Å²) in [6.45, 7) is 5.38. The molecule has 1 atom stereocenters. The van der Waals surface area contributed by atoms with Gasteiger partial charge in [-0.25, -0.2) is 17.1 Å². The van der Waals surface area contributed by atoms with Crippen LogP contribution in [0.25, 0.3) is 0 Å². The minimum Gasteiger partial charge on any atom is -0.352 e. The largest absolute Gasteiger partial charge is 0.352 e. The van der Waals surface area contributed by atoms with Crippen LogP contribution in [0.4, 0.5) is 4.39 Å². The van der Waals surface area contributed by atoms with E-state index in [2.05, 4.69) is 5.32 Å². The lowest BCUT2D eigenvalue weighted by atomic mass is 10.1. The highest BCUT2D eigenvalue weighted by molar-refractivity contribution is 7.90. The first-order valence-corrected chi connectivity index (χ1v) is 13.0. The number of sulfonamides is 1. The van der Waals surface area contributed by atoms with Crippen molar-refractivity contribution in [2.75, 3.05) is 6.54 Å². The van der Waals surface area contributed by atoms with E-state index < -0.39 is 27.8 Å². The topological polar surface area (TPSA) is 104 Å². The average molecular weight is 504 g/mol. The zero-order valence-electron chi connectivity index (χ0n) is 20.0. The zero-order valence-corrected chi connectivity index (χ0v) is 20.8. The maximum atomic E-state index is 13.4. The SMILES string of the molecule is CC[C@@H](C(=O)NC(C)C)N(Cc1ccc(F)cc1)C(=O)CCCN1C(=O)c2ccccc2S1(=O)=O. The van der Waals surface area contributed by atoms with Crippen LogP contribution in [-0.2, 0) is 26.2 Å². The third-order valence-electron chi connectivity index (χ3n) is 5.75. The van der Waals surface area contributed by atoms with Gasteiger partial charge in [0.2, 0.25) is 11.8 Å². The molecule has 2 aromatic rings. The standard InChI is InChI=1S/C25H30FN3O5S/c1-4-21(24(31)27-17(2)3)28(16-18-11-13-19(26)14-12-18)23(30)10-7-15-29-25(32)20-8-5-6-9-22(20)35(29,33)34/h5-6,8-9,11-14,17,21H,4,7,10,15-16H2,1-3H3,(H,27,31)/t21-/m0/s1. The van der Waals surface area contributed by atoms with E-state index in [1.807, 2.05) is 13.8 Å². The summed E-state index contributed by atoms with van der Waals surface area (Å²) >= 11 is 0. The summed E-state index contributed by atoms with van der Waals surface area (Å²) in [5.41, 5.74) is 0.775. The van der Waals surface area contributed by atoms with Gasteiger partial charge in [-0.2, -0.15) is 0 Å². The maximum absolute atomic E-state index is 13.4. The summed E-state index contributed by atoms with van der Waals surface area (Å²) in [6.07, 6.45) is 0.391. The van der Waals surface area contributed by atoms with E-state index in [0.29, 0.717) is 12.0 Å². The second-order valence-electron chi connectivity index (χ2n) is 8.72. The van der Waals surface area contributed by atoms with Gasteiger partial charge < -0.3 is 10.2 Å². The molecule has 0 aromatic heterocycles. The van der Waals surface area contributed by atoms with Gasteiger partial charge in [0.15, 0.2) is 0 Å². The number of halogens is 1. The molecule has 1 heterocycles. The molecule has 3 rings (SSSR count). The molecule has 0 fully saturated rings. The van der Waals surface area contributed by atoms with Gasteiger partial charge in [-0.3, -0.25) is 14.4 Å². The average Bonchev–Trinajstić information content (AvgIpc) is 3.00. The van der Waals surface area contributed by atoms with Crippen LogP contribution in [0, 0.1) is 5.82 Å². The number of nitrogens with zero attached hydrogens (tertiary/aromatic N) is 2. The summed E-state index contributed by atoms with van der Waals surface area (Å²) in [5, 5.41) is 2.83. The van der Waals surface area contributed by atoms with Gasteiger partial charge in [0.25, 0.3) is 15.9 Å². The molecule has 0 aliphatic carbocycles. The van der Waals surface area contributed by atoms with Crippen molar-refractivity contribution < 1.29 is 27.2 Å². The van der Waals surface area contributed by atoms with Crippen molar-refractivity contribution in [1.82, 2.24) is 14.5 Å². The first kappa shape index (κ1) is 26.3. The Morgan fingerprint density at radius 1 is 1.09 bits per heavy atom. The first-order chi connectivity index (χ1) is 16.6. The molecule has 1 aliphatic rings. The number of hydrogen-bond acceptors (Lipinski definition) is 5. The van der Waals surface area contributed by atoms with Crippen molar-refractivity contribution in [2.45, 2.75) is 63.6 Å². The second-order valence-corrected chi connectivity index (χ2v) is 10.5. The lowest BCUT2D eigenvalue weighted by Crippen LogP contribution is -2.50. The van der Waals surface area contributed by atoms with Gasteiger partial charge in [0.1, 0.15) is 16.8 Å². The first-order valence-electron chi connectivity index (χ1n) is 11.6. The molecule has 1 aliphatic heterocycles. The van der Waals surface area contributed by atoms with E-state index in [1.165, 1.54) is 29.2 Å². The van der Waals surface area contributed by atoms with Crippen LogP contribution in [0.15, 0.2) is 53.4 Å². The van der Waals surface area contributed by atoms with Crippen molar-refractivity contribution in [3.63, 3.8) is 0 Å². The number of amides is 3. The van der Waals surface area contributed by atoms with Crippen molar-refractivity contribution in [1.29, 1.82) is 0 Å². The molecular formula is C25H30FN3O5S. The number of nitrogens with one attached hydrogen (secondary N) is 1. The second kappa shape index (κ2) is 11.0. The fourth-order valence-corrected chi connectivity index (χ4v) is 5.66. The Kier molecular flexibility index (Phi) is 8.26. The summed E-state index contributed by atoms with van der Waals surface area (Å²) in [5.74, 6) is -1.68. The van der Waals surface area contributed by atoms with Gasteiger partial charge in [-0.15, -0.1) is 0 Å². The number of fused-ring (bicyclic) bond motifs is 1. The summed E-state index contributed by atoms with van der Waals surface area (Å²) in [4.78, 5) is 40.1. The number of rotatable bonds is 10. The third kappa shape index (κ3) is 5.87. The van der Waals surface area contributed by atoms with Crippen molar-refractivity contribution in [3.8, 4) is 0 Å². The Hall–Kier alpha value is -3.27. The van der Waals surface area contributed by atoms with Crippen LogP contribution in [0.1, 0.15) is 56.0 Å². The molecule has 0 unspecified atom stereocenters. The number of hydrogen-bond donors (Lipinski definition) is 1. The van der Waals surface area contributed by atoms with Gasteiger partial charge in [0.05, 0.1) is 5.56 Å². The van der Waals surface area contributed by atoms with Crippen LogP contribution in [0.5, 0.6) is 0 Å². The molecule has 2 aromatic carbocycles. The highest BCUT2D eigenvalue weighted by atomic mass is 32.2. The Morgan fingerprint density at radius 3 is 2.34 bits per heavy atom. The molecule has 0 bridgehead atoms. The molecule has 1 N–H and O–H groups in total. The Bertz CT molecular complexity index is 1200. The molecule has 0 saturated carbocycles. The maximum Gasteiger partial charge on any atom is 0.269 e. The highest BCUT2D eigenvalue weighted by Crippen LogP contribution is 2.30. The van der Waals surface area contributed by atoms with Crippen molar-refractivity contribution in [3.05, 3.63) is 65.5 Å². The normalized spacial score (nSPS) is 15.1. The van der Waals surface area contributed by atoms with Gasteiger partial charge >= 0.3 is 0 Å². The zero-order chi connectivity index (χ0) is 25.8. The van der Waals surface area contributed by atoms with Crippen LogP contribution < -0.4 is 5.32 Å². The molecule has 3 amide bonds. The smallest absolute Gasteiger partial charge is 0.269 e. The van der Waals surface area contributed by atoms with Gasteiger partial charge in [0, 0.05) is 25.6 Å². The van der Waals surface area contributed by atoms with Gasteiger partial charge in [-0.1, -0.05) is 31.2 Å². The van der Waals surface area contributed by atoms with Crippen LogP contribution in [-0.4, -0.2) is 54.0 Å². The van der Waals surface area contributed by atoms with Gasteiger partial charge in [-0.05, 0) is 56.5 Å². The molecule has 0 spiro atoms. The van der Waals surface area contributed by atoms with Crippen LogP contribution in [0.3, 0.4) is 0 Å². The molecular weight excluding hydrogens is 473 g/mol. The van der Waals surface area contributed by atoms with E-state index >= 15 is 0 Å². The number of benzene rings is 2. The van der Waals surface area contributed by atoms with E-state index in [9.17, 15) is 27.2 Å². The van der Waals surface area contributed by atoms with Crippen LogP contribution >= 0.6 is 0 Å². The van der Waals surface area contributed by atoms with Crippen molar-refractivity contribution in [2.24, 2.45) is 0 Å². The lowest BCUT2D eigenvalue weighted by molar-refractivity contribution is -0.141. The lowest BCUT2D eigenvalue weighted by Gasteiger charge is -2.31. The minimum atomic E-state index is -3.96. The van der Waals surface area contributed by atoms with E-state index in [1.54, 1.807) is 31.2 Å². The fraction of sp³-hybridized carbons (Fsp3) is 0.400. The van der Waals surface area contributed by atoms with E-state index in [0.717, 1.165) is 4.31 Å². The Labute approximate surface area is 205 Å². The quantitative estimate of drug-likeness (QED) is 0.537. The molecule has 0 saturated heterocycles. The highest BCUT2D eigenvalue weighted by Gasteiger charge is 2.40. The number of carbonyl (C=O) groups is 3. The minimum absolute atomic E-state index is 0.0364. The monoisotopic (exact) mass is 503 g/mol. The molecule has 188 valence electrons. The summed E-state index contributed by atoms with van der Waals surface area (Å²) < 4.78 is 39.6. The Balaban J connectivity index is 1.74. The third-order valence-corrected chi connectivity index (χ3v) is 7.59.